The standard InChI is InChI=1S/C34H29F2N5O6/c1-20(39(2)34(45)46)30(42)38-26-19-41(31(43)23-13-11-21(17-37)12-14-23)28-10-6-5-9-27(28)40(32(26)44)18-25-24-8-4-3-7-22(24)15-16-29(25)47-33(35)36/h3-16,20,26,33H,18-19H2,1-2H3,(H,38,42)(H,45,46)/t20-,26-/m0/s1. The molecule has 0 saturated carbocycles. The van der Waals surface area contributed by atoms with Gasteiger partial charge in [0, 0.05) is 18.2 Å². The number of benzene rings is 4. The number of rotatable bonds is 8. The minimum Gasteiger partial charge on any atom is -0.465 e. The molecule has 0 aliphatic carbocycles. The lowest BCUT2D eigenvalue weighted by Gasteiger charge is -2.28. The highest BCUT2D eigenvalue weighted by molar-refractivity contribution is 6.13. The topological polar surface area (TPSA) is 143 Å². The summed E-state index contributed by atoms with van der Waals surface area (Å²) in [7, 11) is 1.20. The van der Waals surface area contributed by atoms with E-state index in [-0.39, 0.29) is 35.7 Å². The van der Waals surface area contributed by atoms with Gasteiger partial charge in [-0.3, -0.25) is 19.3 Å². The molecule has 240 valence electrons. The summed E-state index contributed by atoms with van der Waals surface area (Å²) in [6.07, 6.45) is -1.37. The van der Waals surface area contributed by atoms with Crippen LogP contribution in [-0.4, -0.2) is 66.1 Å². The number of alkyl halides is 2. The van der Waals surface area contributed by atoms with Gasteiger partial charge in [0.25, 0.3) is 11.8 Å². The zero-order valence-electron chi connectivity index (χ0n) is 25.3. The largest absolute Gasteiger partial charge is 0.465 e. The van der Waals surface area contributed by atoms with E-state index in [4.69, 9.17) is 4.74 Å². The molecule has 0 fully saturated rings. The molecule has 0 aromatic heterocycles. The SMILES string of the molecule is C[C@@H](C(=O)N[C@H]1CN(C(=O)c2ccc(C#N)cc2)c2ccccc2N(Cc2c(OC(F)F)ccc3ccccc23)C1=O)N(C)C(=O)O. The van der Waals surface area contributed by atoms with Gasteiger partial charge in [-0.2, -0.15) is 14.0 Å². The number of carboxylic acid groups (broad SMARTS) is 1. The predicted octanol–water partition coefficient (Wildman–Crippen LogP) is 4.99. The van der Waals surface area contributed by atoms with Crippen molar-refractivity contribution in [3.8, 4) is 11.8 Å². The fourth-order valence-corrected chi connectivity index (χ4v) is 5.37. The molecule has 0 radical (unpaired) electrons. The highest BCUT2D eigenvalue weighted by Crippen LogP contribution is 2.38. The summed E-state index contributed by atoms with van der Waals surface area (Å²) in [6, 6.07) is 21.8. The Labute approximate surface area is 268 Å². The monoisotopic (exact) mass is 641 g/mol. The number of amides is 4. The zero-order chi connectivity index (χ0) is 33.8. The third-order valence-electron chi connectivity index (χ3n) is 8.01. The highest BCUT2D eigenvalue weighted by atomic mass is 19.3. The average Bonchev–Trinajstić information content (AvgIpc) is 3.18. The van der Waals surface area contributed by atoms with Crippen LogP contribution in [0, 0.1) is 11.3 Å². The zero-order valence-corrected chi connectivity index (χ0v) is 25.3. The number of carbonyl (C=O) groups excluding carboxylic acids is 3. The normalized spacial score (nSPS) is 15.0. The van der Waals surface area contributed by atoms with Crippen molar-refractivity contribution in [3.63, 3.8) is 0 Å². The quantitative estimate of drug-likeness (QED) is 0.276. The lowest BCUT2D eigenvalue weighted by Crippen LogP contribution is -2.56. The number of hydrogen-bond donors (Lipinski definition) is 2. The minimum atomic E-state index is -3.15. The first-order valence-corrected chi connectivity index (χ1v) is 14.4. The van der Waals surface area contributed by atoms with Crippen LogP contribution in [0.15, 0.2) is 84.9 Å². The van der Waals surface area contributed by atoms with Crippen LogP contribution in [0.5, 0.6) is 5.75 Å². The van der Waals surface area contributed by atoms with E-state index in [0.717, 1.165) is 4.90 Å². The van der Waals surface area contributed by atoms with Crippen molar-refractivity contribution in [3.05, 3.63) is 102 Å². The van der Waals surface area contributed by atoms with E-state index in [1.54, 1.807) is 54.6 Å². The summed E-state index contributed by atoms with van der Waals surface area (Å²) >= 11 is 0. The number of likely N-dealkylation sites (N-methyl/N-ethyl adjacent to an activating group) is 1. The van der Waals surface area contributed by atoms with Crippen molar-refractivity contribution < 1.29 is 37.8 Å². The molecule has 13 heteroatoms. The molecule has 0 unspecified atom stereocenters. The molecule has 1 aliphatic heterocycles. The summed E-state index contributed by atoms with van der Waals surface area (Å²) in [4.78, 5) is 56.7. The van der Waals surface area contributed by atoms with E-state index in [0.29, 0.717) is 22.0 Å². The fourth-order valence-electron chi connectivity index (χ4n) is 5.37. The van der Waals surface area contributed by atoms with Gasteiger partial charge in [0.1, 0.15) is 17.8 Å². The number of carbonyl (C=O) groups is 4. The van der Waals surface area contributed by atoms with Gasteiger partial charge in [-0.05, 0) is 60.2 Å². The summed E-state index contributed by atoms with van der Waals surface area (Å²) in [5, 5.41) is 22.5. The molecule has 2 N–H and O–H groups in total. The Morgan fingerprint density at radius 2 is 1.68 bits per heavy atom. The number of nitrogens with zero attached hydrogens (tertiary/aromatic N) is 4. The van der Waals surface area contributed by atoms with Gasteiger partial charge in [0.15, 0.2) is 0 Å². The Balaban J connectivity index is 1.64. The predicted molar refractivity (Wildman–Crippen MR) is 168 cm³/mol. The van der Waals surface area contributed by atoms with E-state index in [2.05, 4.69) is 5.32 Å². The molecule has 0 bridgehead atoms. The number of para-hydroxylation sites is 2. The van der Waals surface area contributed by atoms with Crippen LogP contribution in [0.1, 0.15) is 28.4 Å². The Morgan fingerprint density at radius 3 is 2.34 bits per heavy atom. The van der Waals surface area contributed by atoms with Crippen LogP contribution in [0.4, 0.5) is 25.0 Å². The van der Waals surface area contributed by atoms with Crippen LogP contribution in [-0.2, 0) is 16.1 Å². The second-order valence-corrected chi connectivity index (χ2v) is 10.8. The van der Waals surface area contributed by atoms with Crippen LogP contribution < -0.4 is 19.9 Å². The molecule has 4 aromatic rings. The van der Waals surface area contributed by atoms with E-state index in [1.807, 2.05) is 6.07 Å². The number of ether oxygens (including phenoxy) is 1. The maximum atomic E-state index is 14.5. The van der Waals surface area contributed by atoms with Gasteiger partial charge < -0.3 is 25.0 Å². The Bertz CT molecular complexity index is 1890. The number of nitriles is 1. The number of fused-ring (bicyclic) bond motifs is 2. The van der Waals surface area contributed by atoms with Gasteiger partial charge in [-0.15, -0.1) is 0 Å². The smallest absolute Gasteiger partial charge is 0.407 e. The van der Waals surface area contributed by atoms with Crippen LogP contribution in [0.25, 0.3) is 10.8 Å². The van der Waals surface area contributed by atoms with Gasteiger partial charge in [0.05, 0.1) is 36.1 Å². The fraction of sp³-hybridized carbons (Fsp3) is 0.206. The summed E-state index contributed by atoms with van der Waals surface area (Å²) in [5.74, 6) is -2.17. The second-order valence-electron chi connectivity index (χ2n) is 10.8. The molecular weight excluding hydrogens is 612 g/mol. The van der Waals surface area contributed by atoms with Crippen molar-refractivity contribution in [2.45, 2.75) is 32.2 Å². The van der Waals surface area contributed by atoms with Crippen molar-refractivity contribution in [1.82, 2.24) is 10.2 Å². The average molecular weight is 642 g/mol. The molecule has 1 heterocycles. The van der Waals surface area contributed by atoms with Crippen molar-refractivity contribution in [2.24, 2.45) is 0 Å². The van der Waals surface area contributed by atoms with Crippen LogP contribution in [0.2, 0.25) is 0 Å². The highest BCUT2D eigenvalue weighted by Gasteiger charge is 2.39. The lowest BCUT2D eigenvalue weighted by molar-refractivity contribution is -0.129. The summed E-state index contributed by atoms with van der Waals surface area (Å²) in [5.41, 5.74) is 1.34. The molecular formula is C34H29F2N5O6. The Hall–Kier alpha value is -6.03. The molecule has 0 spiro atoms. The number of nitrogens with one attached hydrogen (secondary N) is 1. The minimum absolute atomic E-state index is 0.156. The number of halogens is 2. The van der Waals surface area contributed by atoms with E-state index in [9.17, 15) is 38.3 Å². The van der Waals surface area contributed by atoms with Crippen molar-refractivity contribution in [1.29, 1.82) is 5.26 Å². The van der Waals surface area contributed by atoms with Gasteiger partial charge in [0.2, 0.25) is 5.91 Å². The number of anilines is 2. The first kappa shape index (κ1) is 32.4. The summed E-state index contributed by atoms with van der Waals surface area (Å²) in [6.45, 7) is -2.44. The van der Waals surface area contributed by atoms with Gasteiger partial charge in [-0.25, -0.2) is 4.79 Å². The van der Waals surface area contributed by atoms with Crippen LogP contribution >= 0.6 is 0 Å². The van der Waals surface area contributed by atoms with E-state index < -0.39 is 42.5 Å². The number of hydrogen-bond acceptors (Lipinski definition) is 6. The Morgan fingerprint density at radius 1 is 1.02 bits per heavy atom. The third kappa shape index (κ3) is 6.67. The maximum absolute atomic E-state index is 14.5. The van der Waals surface area contributed by atoms with E-state index in [1.165, 1.54) is 54.1 Å². The first-order chi connectivity index (χ1) is 22.5. The van der Waals surface area contributed by atoms with Crippen molar-refractivity contribution >= 4 is 46.0 Å². The lowest BCUT2D eigenvalue weighted by atomic mass is 10.0. The molecule has 4 amide bonds. The molecule has 4 aromatic carbocycles. The molecule has 1 aliphatic rings. The summed E-state index contributed by atoms with van der Waals surface area (Å²) < 4.78 is 32.0. The van der Waals surface area contributed by atoms with Crippen molar-refractivity contribution in [2.75, 3.05) is 23.4 Å². The van der Waals surface area contributed by atoms with E-state index >= 15 is 0 Å². The second kappa shape index (κ2) is 13.5. The molecule has 5 rings (SSSR count). The van der Waals surface area contributed by atoms with Gasteiger partial charge in [-0.1, -0.05) is 42.5 Å². The first-order valence-electron chi connectivity index (χ1n) is 14.4. The molecule has 2 atom stereocenters. The molecule has 47 heavy (non-hydrogen) atoms. The van der Waals surface area contributed by atoms with Crippen LogP contribution in [0.3, 0.4) is 0 Å². The maximum Gasteiger partial charge on any atom is 0.407 e. The molecule has 0 saturated heterocycles. The molecule has 11 nitrogen and oxygen atoms in total. The van der Waals surface area contributed by atoms with Gasteiger partial charge >= 0.3 is 12.7 Å². The Kier molecular flexibility index (Phi) is 9.32. The third-order valence-corrected chi connectivity index (χ3v) is 8.01.